The van der Waals surface area contributed by atoms with E-state index in [0.717, 1.165) is 22.2 Å². The van der Waals surface area contributed by atoms with Gasteiger partial charge < -0.3 is 4.74 Å². The van der Waals surface area contributed by atoms with Gasteiger partial charge in [0, 0.05) is 10.0 Å². The molecule has 0 atom stereocenters. The van der Waals surface area contributed by atoms with Crippen LogP contribution in [0.2, 0.25) is 0 Å². The van der Waals surface area contributed by atoms with Gasteiger partial charge in [0.2, 0.25) is 0 Å². The zero-order chi connectivity index (χ0) is 11.3. The van der Waals surface area contributed by atoms with Crippen LogP contribution in [0.3, 0.4) is 0 Å². The molecule has 0 aliphatic carbocycles. The van der Waals surface area contributed by atoms with Crippen LogP contribution in [0.4, 0.5) is 0 Å². The van der Waals surface area contributed by atoms with Crippen LogP contribution in [0.1, 0.15) is 25.8 Å². The van der Waals surface area contributed by atoms with Gasteiger partial charge in [-0.25, -0.2) is 0 Å². The molecule has 2 heteroatoms. The number of ether oxygens (including phenoxy) is 1. The van der Waals surface area contributed by atoms with E-state index in [2.05, 4.69) is 41.9 Å². The second kappa shape index (κ2) is 5.96. The minimum absolute atomic E-state index is 0.690. The molecule has 0 aliphatic rings. The van der Waals surface area contributed by atoms with Crippen LogP contribution >= 0.6 is 15.9 Å². The first-order chi connectivity index (χ1) is 7.15. The molecule has 0 aromatic heterocycles. The Morgan fingerprint density at radius 1 is 1.40 bits per heavy atom. The predicted octanol–water partition coefficient (Wildman–Crippen LogP) is 4.52. The Balaban J connectivity index is 2.87. The number of benzene rings is 1. The molecular weight excluding hydrogens is 252 g/mol. The normalized spacial score (nSPS) is 11.3. The maximum absolute atomic E-state index is 5.30. The molecule has 1 nitrogen and oxygen atoms in total. The first-order valence-electron chi connectivity index (χ1n) is 5.14. The highest BCUT2D eigenvalue weighted by Gasteiger charge is 2.02. The first-order valence-corrected chi connectivity index (χ1v) is 5.93. The quantitative estimate of drug-likeness (QED) is 0.781. The van der Waals surface area contributed by atoms with Gasteiger partial charge in [-0.05, 0) is 24.5 Å². The highest BCUT2D eigenvalue weighted by molar-refractivity contribution is 9.10. The standard InChI is InChI=1S/C13H17BrO/c1-10(2)6-4-7-11-12(14)8-5-9-13(11)15-3/h4-5,7-10H,6H2,1-3H3/b7-4+. The van der Waals surface area contributed by atoms with Gasteiger partial charge in [0.1, 0.15) is 5.75 Å². The Hall–Kier alpha value is -0.760. The van der Waals surface area contributed by atoms with Gasteiger partial charge in [0.15, 0.2) is 0 Å². The highest BCUT2D eigenvalue weighted by Crippen LogP contribution is 2.28. The number of rotatable bonds is 4. The maximum Gasteiger partial charge on any atom is 0.127 e. The van der Waals surface area contributed by atoms with Crippen molar-refractivity contribution in [3.63, 3.8) is 0 Å². The van der Waals surface area contributed by atoms with E-state index in [1.807, 2.05) is 18.2 Å². The fraction of sp³-hybridized carbons (Fsp3) is 0.385. The van der Waals surface area contributed by atoms with Gasteiger partial charge in [-0.3, -0.25) is 0 Å². The molecular formula is C13H17BrO. The Morgan fingerprint density at radius 3 is 2.73 bits per heavy atom. The van der Waals surface area contributed by atoms with Crippen molar-refractivity contribution in [2.45, 2.75) is 20.3 Å². The highest BCUT2D eigenvalue weighted by atomic mass is 79.9. The molecule has 0 fully saturated rings. The molecule has 0 N–H and O–H groups in total. The van der Waals surface area contributed by atoms with Crippen LogP contribution in [0.5, 0.6) is 5.75 Å². The Labute approximate surface area is 100 Å². The summed E-state index contributed by atoms with van der Waals surface area (Å²) in [5.41, 5.74) is 1.11. The molecule has 1 rings (SSSR count). The predicted molar refractivity (Wildman–Crippen MR) is 69.2 cm³/mol. The number of hydrogen-bond donors (Lipinski definition) is 0. The van der Waals surface area contributed by atoms with Crippen molar-refractivity contribution in [2.24, 2.45) is 5.92 Å². The van der Waals surface area contributed by atoms with E-state index < -0.39 is 0 Å². The lowest BCUT2D eigenvalue weighted by atomic mass is 10.1. The fourth-order valence-corrected chi connectivity index (χ4v) is 1.80. The summed E-state index contributed by atoms with van der Waals surface area (Å²) in [7, 11) is 1.70. The van der Waals surface area contributed by atoms with Crippen molar-refractivity contribution in [3.05, 3.63) is 34.3 Å². The van der Waals surface area contributed by atoms with Crippen LogP contribution < -0.4 is 4.74 Å². The van der Waals surface area contributed by atoms with E-state index in [4.69, 9.17) is 4.74 Å². The van der Waals surface area contributed by atoms with Gasteiger partial charge in [-0.1, -0.05) is 48.0 Å². The molecule has 0 aliphatic heterocycles. The third-order valence-corrected chi connectivity index (χ3v) is 2.82. The summed E-state index contributed by atoms with van der Waals surface area (Å²) in [5.74, 6) is 1.60. The van der Waals surface area contributed by atoms with E-state index in [1.54, 1.807) is 7.11 Å². The lowest BCUT2D eigenvalue weighted by Crippen LogP contribution is -1.88. The third-order valence-electron chi connectivity index (χ3n) is 2.12. The van der Waals surface area contributed by atoms with E-state index in [1.165, 1.54) is 0 Å². The Bertz CT molecular complexity index is 342. The SMILES string of the molecule is COc1cccc(Br)c1/C=C/CC(C)C. The summed E-state index contributed by atoms with van der Waals surface area (Å²) >= 11 is 3.52. The van der Waals surface area contributed by atoms with E-state index in [-0.39, 0.29) is 0 Å². The van der Waals surface area contributed by atoms with Crippen LogP contribution in [0, 0.1) is 5.92 Å². The molecule has 0 unspecified atom stereocenters. The van der Waals surface area contributed by atoms with Gasteiger partial charge >= 0.3 is 0 Å². The molecule has 0 heterocycles. The smallest absolute Gasteiger partial charge is 0.127 e. The summed E-state index contributed by atoms with van der Waals surface area (Å²) < 4.78 is 6.37. The monoisotopic (exact) mass is 268 g/mol. The van der Waals surface area contributed by atoms with Crippen molar-refractivity contribution < 1.29 is 4.74 Å². The second-order valence-electron chi connectivity index (χ2n) is 3.89. The average Bonchev–Trinajstić information content (AvgIpc) is 2.20. The van der Waals surface area contributed by atoms with E-state index >= 15 is 0 Å². The van der Waals surface area contributed by atoms with Crippen molar-refractivity contribution in [2.75, 3.05) is 7.11 Å². The van der Waals surface area contributed by atoms with Crippen molar-refractivity contribution in [1.82, 2.24) is 0 Å². The summed E-state index contributed by atoms with van der Waals surface area (Å²) in [4.78, 5) is 0. The molecule has 1 aromatic carbocycles. The average molecular weight is 269 g/mol. The van der Waals surface area contributed by atoms with Crippen molar-refractivity contribution >= 4 is 22.0 Å². The topological polar surface area (TPSA) is 9.23 Å². The maximum atomic E-state index is 5.30. The summed E-state index contributed by atoms with van der Waals surface area (Å²) in [5, 5.41) is 0. The number of hydrogen-bond acceptors (Lipinski definition) is 1. The zero-order valence-corrected chi connectivity index (χ0v) is 11.0. The van der Waals surface area contributed by atoms with Gasteiger partial charge in [-0.15, -0.1) is 0 Å². The molecule has 0 saturated heterocycles. The molecule has 0 amide bonds. The minimum atomic E-state index is 0.690. The molecule has 1 aromatic rings. The molecule has 0 bridgehead atoms. The largest absolute Gasteiger partial charge is 0.496 e. The Morgan fingerprint density at radius 2 is 2.13 bits per heavy atom. The summed E-state index contributed by atoms with van der Waals surface area (Å²) in [6, 6.07) is 5.97. The number of methoxy groups -OCH3 is 1. The van der Waals surface area contributed by atoms with Gasteiger partial charge in [0.05, 0.1) is 7.11 Å². The molecule has 0 spiro atoms. The zero-order valence-electron chi connectivity index (χ0n) is 9.46. The first kappa shape index (κ1) is 12.3. The second-order valence-corrected chi connectivity index (χ2v) is 4.74. The number of allylic oxidation sites excluding steroid dienone is 1. The fourth-order valence-electron chi connectivity index (χ4n) is 1.32. The lowest BCUT2D eigenvalue weighted by Gasteiger charge is -2.06. The third kappa shape index (κ3) is 3.71. The van der Waals surface area contributed by atoms with E-state index in [9.17, 15) is 0 Å². The molecule has 0 radical (unpaired) electrons. The lowest BCUT2D eigenvalue weighted by molar-refractivity contribution is 0.413. The van der Waals surface area contributed by atoms with Crippen molar-refractivity contribution in [1.29, 1.82) is 0 Å². The minimum Gasteiger partial charge on any atom is -0.496 e. The van der Waals surface area contributed by atoms with Crippen LogP contribution in [-0.4, -0.2) is 7.11 Å². The van der Waals surface area contributed by atoms with Crippen LogP contribution in [-0.2, 0) is 0 Å². The summed E-state index contributed by atoms with van der Waals surface area (Å²) in [6.45, 7) is 4.42. The number of halogens is 1. The van der Waals surface area contributed by atoms with E-state index in [0.29, 0.717) is 5.92 Å². The summed E-state index contributed by atoms with van der Waals surface area (Å²) in [6.07, 6.45) is 5.39. The van der Waals surface area contributed by atoms with Gasteiger partial charge in [0.25, 0.3) is 0 Å². The molecule has 15 heavy (non-hydrogen) atoms. The van der Waals surface area contributed by atoms with Crippen LogP contribution in [0.15, 0.2) is 28.7 Å². The van der Waals surface area contributed by atoms with Crippen molar-refractivity contribution in [3.8, 4) is 5.75 Å². The molecule has 0 saturated carbocycles. The van der Waals surface area contributed by atoms with Gasteiger partial charge in [-0.2, -0.15) is 0 Å². The molecule has 82 valence electrons. The van der Waals surface area contributed by atoms with Crippen LogP contribution in [0.25, 0.3) is 6.08 Å². The Kier molecular flexibility index (Phi) is 4.89.